The summed E-state index contributed by atoms with van der Waals surface area (Å²) in [6.45, 7) is 1.87. The highest BCUT2D eigenvalue weighted by molar-refractivity contribution is 7.15. The zero-order valence-electron chi connectivity index (χ0n) is 13.4. The summed E-state index contributed by atoms with van der Waals surface area (Å²) in [4.78, 5) is 44.4. The van der Waals surface area contributed by atoms with Crippen molar-refractivity contribution < 1.29 is 4.92 Å². The van der Waals surface area contributed by atoms with Gasteiger partial charge in [0.05, 0.1) is 34.4 Å². The van der Waals surface area contributed by atoms with Crippen molar-refractivity contribution in [2.45, 2.75) is 13.5 Å². The van der Waals surface area contributed by atoms with Crippen LogP contribution in [0.1, 0.15) is 11.4 Å². The van der Waals surface area contributed by atoms with E-state index in [1.807, 2.05) is 12.3 Å². The Morgan fingerprint density at radius 1 is 1.27 bits per heavy atom. The minimum Gasteiger partial charge on any atom is -0.293 e. The topological polar surface area (TPSA) is 112 Å². The fraction of sp³-hybridized carbons (Fsp3) is 0.125. The molecule has 0 saturated carbocycles. The lowest BCUT2D eigenvalue weighted by atomic mass is 10.2. The molecule has 0 aliphatic rings. The van der Waals surface area contributed by atoms with E-state index in [9.17, 15) is 19.7 Å². The molecule has 26 heavy (non-hydrogen) atoms. The van der Waals surface area contributed by atoms with Gasteiger partial charge in [-0.05, 0) is 13.0 Å². The van der Waals surface area contributed by atoms with Gasteiger partial charge < -0.3 is 0 Å². The Hall–Kier alpha value is -3.40. The molecule has 4 rings (SSSR count). The number of hydrogen-bond acceptors (Lipinski definition) is 7. The molecule has 0 saturated heterocycles. The van der Waals surface area contributed by atoms with Crippen LogP contribution in [0.4, 0.5) is 5.69 Å². The number of rotatable bonds is 3. The quantitative estimate of drug-likeness (QED) is 0.401. The molecular formula is C16H11N5O4S. The van der Waals surface area contributed by atoms with Crippen molar-refractivity contribution in [3.05, 3.63) is 78.2 Å². The van der Waals surface area contributed by atoms with E-state index in [0.717, 1.165) is 5.69 Å². The molecule has 0 aliphatic carbocycles. The molecule has 10 heteroatoms. The minimum atomic E-state index is -0.564. The Kier molecular flexibility index (Phi) is 3.62. The van der Waals surface area contributed by atoms with Gasteiger partial charge in [-0.15, -0.1) is 11.3 Å². The third kappa shape index (κ3) is 2.56. The molecule has 0 fully saturated rings. The van der Waals surface area contributed by atoms with E-state index >= 15 is 0 Å². The smallest absolute Gasteiger partial charge is 0.270 e. The largest absolute Gasteiger partial charge is 0.293 e. The summed E-state index contributed by atoms with van der Waals surface area (Å²) in [5, 5.41) is 12.9. The standard InChI is InChI=1S/C16H11N5O4S/c1-9-7-26-16-18-10(4-14(22)20(9)16)6-19-8-17-13-3-2-11(21(24)25)5-12(13)15(19)23/h2-5,7-8H,6H2,1H3. The molecule has 130 valence electrons. The van der Waals surface area contributed by atoms with Crippen LogP contribution < -0.4 is 11.1 Å². The predicted molar refractivity (Wildman–Crippen MR) is 95.8 cm³/mol. The Labute approximate surface area is 149 Å². The molecule has 3 aromatic heterocycles. The fourth-order valence-electron chi connectivity index (χ4n) is 2.73. The predicted octanol–water partition coefficient (Wildman–Crippen LogP) is 1.73. The van der Waals surface area contributed by atoms with E-state index < -0.39 is 10.5 Å². The Morgan fingerprint density at radius 2 is 2.08 bits per heavy atom. The van der Waals surface area contributed by atoms with Gasteiger partial charge in [-0.25, -0.2) is 9.97 Å². The van der Waals surface area contributed by atoms with Gasteiger partial charge in [0.15, 0.2) is 4.96 Å². The van der Waals surface area contributed by atoms with Crippen molar-refractivity contribution in [1.29, 1.82) is 0 Å². The van der Waals surface area contributed by atoms with Gasteiger partial charge in [0.25, 0.3) is 16.8 Å². The number of thiazole rings is 1. The number of non-ortho nitro benzene ring substituents is 1. The molecule has 0 N–H and O–H groups in total. The van der Waals surface area contributed by atoms with E-state index in [4.69, 9.17) is 0 Å². The van der Waals surface area contributed by atoms with Crippen molar-refractivity contribution >= 4 is 32.9 Å². The number of nitro benzene ring substituents is 1. The number of nitrogens with zero attached hydrogens (tertiary/aromatic N) is 5. The summed E-state index contributed by atoms with van der Waals surface area (Å²) < 4.78 is 2.78. The molecule has 0 spiro atoms. The molecule has 9 nitrogen and oxygen atoms in total. The second kappa shape index (κ2) is 5.85. The van der Waals surface area contributed by atoms with Gasteiger partial charge in [0.1, 0.15) is 0 Å². The van der Waals surface area contributed by atoms with Crippen molar-refractivity contribution in [3.63, 3.8) is 0 Å². The van der Waals surface area contributed by atoms with Crippen LogP contribution in [0.5, 0.6) is 0 Å². The number of nitro groups is 1. The summed E-state index contributed by atoms with van der Waals surface area (Å²) in [5.74, 6) is 0. The number of aryl methyl sites for hydroxylation is 1. The van der Waals surface area contributed by atoms with Crippen LogP contribution in [0.3, 0.4) is 0 Å². The van der Waals surface area contributed by atoms with Crippen molar-refractivity contribution in [2.24, 2.45) is 0 Å². The summed E-state index contributed by atoms with van der Waals surface area (Å²) in [7, 11) is 0. The van der Waals surface area contributed by atoms with E-state index in [1.165, 1.54) is 50.9 Å². The first-order valence-electron chi connectivity index (χ1n) is 7.54. The molecule has 0 radical (unpaired) electrons. The molecule has 0 unspecified atom stereocenters. The summed E-state index contributed by atoms with van der Waals surface area (Å²) >= 11 is 1.34. The second-order valence-electron chi connectivity index (χ2n) is 5.72. The van der Waals surface area contributed by atoms with Gasteiger partial charge in [0.2, 0.25) is 0 Å². The van der Waals surface area contributed by atoms with Crippen LogP contribution in [-0.2, 0) is 6.54 Å². The van der Waals surface area contributed by atoms with E-state index in [0.29, 0.717) is 16.2 Å². The third-order valence-corrected chi connectivity index (χ3v) is 4.92. The van der Waals surface area contributed by atoms with Crippen LogP contribution in [0, 0.1) is 17.0 Å². The lowest BCUT2D eigenvalue weighted by Gasteiger charge is -2.06. The first kappa shape index (κ1) is 16.1. The second-order valence-corrected chi connectivity index (χ2v) is 6.55. The number of benzene rings is 1. The molecule has 0 aliphatic heterocycles. The van der Waals surface area contributed by atoms with Gasteiger partial charge in [-0.1, -0.05) is 0 Å². The maximum atomic E-state index is 12.7. The van der Waals surface area contributed by atoms with Gasteiger partial charge in [-0.2, -0.15) is 0 Å². The van der Waals surface area contributed by atoms with Crippen LogP contribution in [0.2, 0.25) is 0 Å². The molecule has 0 bridgehead atoms. The van der Waals surface area contributed by atoms with E-state index in [1.54, 1.807) is 0 Å². The molecule has 0 atom stereocenters. The highest BCUT2D eigenvalue weighted by Crippen LogP contribution is 2.16. The lowest BCUT2D eigenvalue weighted by molar-refractivity contribution is -0.384. The summed E-state index contributed by atoms with van der Waals surface area (Å²) in [5.41, 5.74) is 0.760. The van der Waals surface area contributed by atoms with Crippen LogP contribution in [0.25, 0.3) is 15.9 Å². The monoisotopic (exact) mass is 369 g/mol. The van der Waals surface area contributed by atoms with Gasteiger partial charge in [0, 0.05) is 29.3 Å². The van der Waals surface area contributed by atoms with Crippen LogP contribution in [-0.4, -0.2) is 23.9 Å². The fourth-order valence-corrected chi connectivity index (χ4v) is 3.62. The summed E-state index contributed by atoms with van der Waals surface area (Å²) in [6, 6.07) is 5.31. The van der Waals surface area contributed by atoms with E-state index in [-0.39, 0.29) is 23.2 Å². The first-order valence-corrected chi connectivity index (χ1v) is 8.42. The SMILES string of the molecule is Cc1csc2nc(Cn3cnc4ccc([N+](=O)[O-])cc4c3=O)cc(=O)n12. The van der Waals surface area contributed by atoms with Crippen molar-refractivity contribution in [1.82, 2.24) is 18.9 Å². The lowest BCUT2D eigenvalue weighted by Crippen LogP contribution is -2.23. The first-order chi connectivity index (χ1) is 12.4. The zero-order chi connectivity index (χ0) is 18.4. The maximum Gasteiger partial charge on any atom is 0.270 e. The summed E-state index contributed by atoms with van der Waals surface area (Å²) in [6.07, 6.45) is 1.35. The molecule has 4 aromatic rings. The van der Waals surface area contributed by atoms with E-state index in [2.05, 4.69) is 9.97 Å². The third-order valence-electron chi connectivity index (χ3n) is 3.98. The average Bonchev–Trinajstić information content (AvgIpc) is 2.98. The minimum absolute atomic E-state index is 0.0488. The Bertz CT molecular complexity index is 1300. The average molecular weight is 369 g/mol. The molecule has 1 aromatic carbocycles. The number of fused-ring (bicyclic) bond motifs is 2. The number of aromatic nitrogens is 4. The highest BCUT2D eigenvalue weighted by Gasteiger charge is 2.12. The van der Waals surface area contributed by atoms with Crippen LogP contribution >= 0.6 is 11.3 Å². The normalized spacial score (nSPS) is 11.3. The Balaban J connectivity index is 1.82. The zero-order valence-corrected chi connectivity index (χ0v) is 14.3. The number of hydrogen-bond donors (Lipinski definition) is 0. The van der Waals surface area contributed by atoms with Gasteiger partial charge in [-0.3, -0.25) is 28.7 Å². The van der Waals surface area contributed by atoms with Gasteiger partial charge >= 0.3 is 0 Å². The highest BCUT2D eigenvalue weighted by atomic mass is 32.1. The van der Waals surface area contributed by atoms with Crippen molar-refractivity contribution in [3.8, 4) is 0 Å². The maximum absolute atomic E-state index is 12.7. The Morgan fingerprint density at radius 3 is 2.85 bits per heavy atom. The molecular weight excluding hydrogens is 358 g/mol. The molecule has 3 heterocycles. The van der Waals surface area contributed by atoms with Crippen LogP contribution in [0.15, 0.2) is 45.6 Å². The van der Waals surface area contributed by atoms with Crippen molar-refractivity contribution in [2.75, 3.05) is 0 Å². The molecule has 0 amide bonds.